The van der Waals surface area contributed by atoms with E-state index < -0.39 is 10.4 Å². The number of rotatable bonds is 4. The molecule has 1 unspecified atom stereocenters. The molecule has 0 fully saturated rings. The van der Waals surface area contributed by atoms with Gasteiger partial charge in [-0.1, -0.05) is 20.3 Å². The van der Waals surface area contributed by atoms with Crippen LogP contribution in [-0.4, -0.2) is 23.6 Å². The zero-order valence-corrected chi connectivity index (χ0v) is 9.84. The summed E-state index contributed by atoms with van der Waals surface area (Å²) in [5.74, 6) is 0.865. The molecule has 1 atom stereocenters. The van der Waals surface area contributed by atoms with Gasteiger partial charge in [0.05, 0.1) is 6.04 Å². The van der Waals surface area contributed by atoms with Crippen molar-refractivity contribution in [3.63, 3.8) is 0 Å². The Hall–Kier alpha value is -0.170. The highest BCUT2D eigenvalue weighted by Gasteiger charge is 1.98. The zero-order chi connectivity index (χ0) is 11.8. The van der Waals surface area contributed by atoms with Crippen molar-refractivity contribution in [2.24, 2.45) is 5.92 Å². The first-order chi connectivity index (χ1) is 6.13. The van der Waals surface area contributed by atoms with Crippen LogP contribution in [0.15, 0.2) is 0 Å². The summed E-state index contributed by atoms with van der Waals surface area (Å²) < 4.78 is 34.1. The van der Waals surface area contributed by atoms with Crippen molar-refractivity contribution in [2.45, 2.75) is 46.1 Å². The van der Waals surface area contributed by atoms with Crippen molar-refractivity contribution >= 4 is 10.4 Å². The van der Waals surface area contributed by atoms with Crippen LogP contribution in [0.25, 0.3) is 0 Å². The van der Waals surface area contributed by atoms with Crippen LogP contribution >= 0.6 is 0 Å². The topological polar surface area (TPSA) is 108 Å². The van der Waals surface area contributed by atoms with Crippen molar-refractivity contribution in [3.05, 3.63) is 0 Å². The van der Waals surface area contributed by atoms with Crippen molar-refractivity contribution in [1.82, 2.24) is 0 Å². The molecule has 0 amide bonds. The highest BCUT2D eigenvalue weighted by molar-refractivity contribution is 7.79. The van der Waals surface area contributed by atoms with Gasteiger partial charge in [0.15, 0.2) is 0 Å². The quantitative estimate of drug-likeness (QED) is 0.542. The predicted octanol–water partition coefficient (Wildman–Crippen LogP) is 0.105. The summed E-state index contributed by atoms with van der Waals surface area (Å²) in [5, 5.41) is 0. The van der Waals surface area contributed by atoms with E-state index >= 15 is 0 Å². The van der Waals surface area contributed by atoms with Gasteiger partial charge in [-0.15, -0.1) is 0 Å². The normalized spacial score (nSPS) is 13.4. The second kappa shape index (κ2) is 8.16. The Morgan fingerprint density at radius 2 is 1.50 bits per heavy atom. The molecule has 0 spiro atoms. The van der Waals surface area contributed by atoms with Crippen LogP contribution in [0.3, 0.4) is 0 Å². The molecule has 88 valence electrons. The van der Waals surface area contributed by atoms with E-state index in [1.165, 1.54) is 19.3 Å². The van der Waals surface area contributed by atoms with Crippen LogP contribution in [-0.2, 0) is 10.4 Å². The van der Waals surface area contributed by atoms with Gasteiger partial charge in [0.25, 0.3) is 0 Å². The van der Waals surface area contributed by atoms with E-state index in [0.29, 0.717) is 6.04 Å². The average Bonchev–Trinajstić information content (AvgIpc) is 1.80. The lowest BCUT2D eigenvalue weighted by molar-refractivity contribution is -0.415. The predicted molar refractivity (Wildman–Crippen MR) is 51.5 cm³/mol. The molecule has 3 N–H and O–H groups in total. The minimum Gasteiger partial charge on any atom is -0.759 e. The van der Waals surface area contributed by atoms with Gasteiger partial charge < -0.3 is 14.8 Å². The summed E-state index contributed by atoms with van der Waals surface area (Å²) in [5.41, 5.74) is 3.94. The molecule has 0 aliphatic heterocycles. The Balaban J connectivity index is 0. The highest BCUT2D eigenvalue weighted by Crippen LogP contribution is 2.06. The van der Waals surface area contributed by atoms with Gasteiger partial charge in [0.1, 0.15) is 0 Å². The fourth-order valence-electron chi connectivity index (χ4n) is 0.875. The maximum atomic E-state index is 8.52. The van der Waals surface area contributed by atoms with Crippen LogP contribution in [0.1, 0.15) is 40.0 Å². The lowest BCUT2D eigenvalue weighted by Crippen LogP contribution is -2.58. The molecule has 0 bridgehead atoms. The van der Waals surface area contributed by atoms with Gasteiger partial charge in [0.2, 0.25) is 0 Å². The monoisotopic (exact) mass is 226 g/mol. The lowest BCUT2D eigenvalue weighted by Gasteiger charge is -2.06. The Labute approximate surface area is 86.3 Å². The van der Waals surface area contributed by atoms with Crippen LogP contribution in [0.2, 0.25) is 0 Å². The molecule has 14 heavy (non-hydrogen) atoms. The Kier molecular flexibility index (Phi) is 9.49. The Bertz CT molecular complexity index is 195. The molecule has 6 heteroatoms. The summed E-state index contributed by atoms with van der Waals surface area (Å²) in [6.45, 7) is 6.72. The minimum absolute atomic E-state index is 0.642. The maximum Gasteiger partial charge on any atom is 0.0815 e. The number of hydrogen-bond acceptors (Lipinski definition) is 4. The Morgan fingerprint density at radius 1 is 1.14 bits per heavy atom. The third-order valence-electron chi connectivity index (χ3n) is 1.48. The SMILES string of the molecule is CC(C)CCCC(C)[NH3+].O=S(=O)([O-])[O-]. The van der Waals surface area contributed by atoms with E-state index in [1.807, 2.05) is 0 Å². The first-order valence-corrected chi connectivity index (χ1v) is 5.96. The minimum atomic E-state index is -5.17. The van der Waals surface area contributed by atoms with Crippen molar-refractivity contribution in [1.29, 1.82) is 0 Å². The zero-order valence-electron chi connectivity index (χ0n) is 9.02. The molecule has 0 aliphatic rings. The van der Waals surface area contributed by atoms with Gasteiger partial charge >= 0.3 is 0 Å². The van der Waals surface area contributed by atoms with E-state index in [2.05, 4.69) is 26.5 Å². The lowest BCUT2D eigenvalue weighted by atomic mass is 10.0. The van der Waals surface area contributed by atoms with Gasteiger partial charge in [-0.3, -0.25) is 8.42 Å². The van der Waals surface area contributed by atoms with Gasteiger partial charge in [-0.05, 0) is 25.7 Å². The van der Waals surface area contributed by atoms with E-state index in [1.54, 1.807) is 0 Å². The molecular formula is C8H20NO4S-. The molecule has 0 radical (unpaired) electrons. The standard InChI is InChI=1S/C8H19N.H2O4S/c1-7(2)5-4-6-8(3)9;1-5(2,3)4/h7-8H,4-6,9H2,1-3H3;(H2,1,2,3,4)/p-1. The molecule has 0 aliphatic carbocycles. The third kappa shape index (κ3) is 40.8. The highest BCUT2D eigenvalue weighted by atomic mass is 32.3. The second-order valence-corrected chi connectivity index (χ2v) is 4.65. The average molecular weight is 226 g/mol. The first kappa shape index (κ1) is 16.3. The first-order valence-electron chi connectivity index (χ1n) is 4.62. The molecular weight excluding hydrogens is 206 g/mol. The van der Waals surface area contributed by atoms with Gasteiger partial charge in [-0.25, -0.2) is 0 Å². The molecule has 0 rings (SSSR count). The van der Waals surface area contributed by atoms with E-state index in [0.717, 1.165) is 5.92 Å². The Morgan fingerprint density at radius 3 is 1.71 bits per heavy atom. The molecule has 0 heterocycles. The fraction of sp³-hybridized carbons (Fsp3) is 1.00. The second-order valence-electron chi connectivity index (χ2n) is 3.84. The largest absolute Gasteiger partial charge is 0.759 e. The molecule has 0 saturated carbocycles. The molecule has 0 aromatic heterocycles. The molecule has 0 aromatic carbocycles. The molecule has 0 aromatic rings. The number of quaternary nitrogens is 1. The fourth-order valence-corrected chi connectivity index (χ4v) is 0.875. The van der Waals surface area contributed by atoms with Gasteiger partial charge in [-0.2, -0.15) is 0 Å². The smallest absolute Gasteiger partial charge is 0.0815 e. The van der Waals surface area contributed by atoms with Crippen molar-refractivity contribution in [3.8, 4) is 0 Å². The van der Waals surface area contributed by atoms with Crippen LogP contribution in [0, 0.1) is 5.92 Å². The third-order valence-corrected chi connectivity index (χ3v) is 1.48. The molecule has 0 saturated heterocycles. The van der Waals surface area contributed by atoms with Crippen LogP contribution in [0.4, 0.5) is 0 Å². The summed E-state index contributed by atoms with van der Waals surface area (Å²) in [4.78, 5) is 0. The maximum absolute atomic E-state index is 8.52. The van der Waals surface area contributed by atoms with Crippen LogP contribution in [0.5, 0.6) is 0 Å². The van der Waals surface area contributed by atoms with E-state index in [9.17, 15) is 0 Å². The van der Waals surface area contributed by atoms with E-state index in [4.69, 9.17) is 17.5 Å². The van der Waals surface area contributed by atoms with Crippen molar-refractivity contribution < 1.29 is 23.3 Å². The van der Waals surface area contributed by atoms with Crippen LogP contribution < -0.4 is 5.73 Å². The number of hydrogen-bond donors (Lipinski definition) is 1. The summed E-state index contributed by atoms with van der Waals surface area (Å²) >= 11 is 0. The summed E-state index contributed by atoms with van der Waals surface area (Å²) in [6.07, 6.45) is 4.00. The summed E-state index contributed by atoms with van der Waals surface area (Å²) in [7, 11) is -5.17. The molecule has 5 nitrogen and oxygen atoms in total. The van der Waals surface area contributed by atoms with E-state index in [-0.39, 0.29) is 0 Å². The van der Waals surface area contributed by atoms with Crippen molar-refractivity contribution in [2.75, 3.05) is 0 Å². The van der Waals surface area contributed by atoms with Gasteiger partial charge in [0, 0.05) is 10.4 Å². The summed E-state index contributed by atoms with van der Waals surface area (Å²) in [6, 6.07) is 0.642.